The molecular formula is C18H17BrO3. The van der Waals surface area contributed by atoms with E-state index in [2.05, 4.69) is 15.9 Å². The normalized spacial score (nSPS) is 10.9. The Morgan fingerprint density at radius 1 is 1.23 bits per heavy atom. The number of phenols is 1. The Bertz CT molecular complexity index is 748. The van der Waals surface area contributed by atoms with Crippen molar-refractivity contribution in [2.24, 2.45) is 0 Å². The smallest absolute Gasteiger partial charge is 0.186 e. The van der Waals surface area contributed by atoms with Crippen LogP contribution in [-0.2, 0) is 0 Å². The molecule has 0 aliphatic heterocycles. The molecular weight excluding hydrogens is 344 g/mol. The lowest BCUT2D eigenvalue weighted by molar-refractivity contribution is 0.104. The highest BCUT2D eigenvalue weighted by atomic mass is 79.9. The number of rotatable bonds is 4. The molecule has 1 N–H and O–H groups in total. The van der Waals surface area contributed by atoms with Gasteiger partial charge in [0.05, 0.1) is 11.6 Å². The Labute approximate surface area is 138 Å². The average molecular weight is 361 g/mol. The molecule has 0 aliphatic carbocycles. The highest BCUT2D eigenvalue weighted by Crippen LogP contribution is 2.35. The molecule has 22 heavy (non-hydrogen) atoms. The van der Waals surface area contributed by atoms with Gasteiger partial charge in [-0.3, -0.25) is 4.79 Å². The maximum absolute atomic E-state index is 12.3. The third-order valence-corrected chi connectivity index (χ3v) is 3.96. The second-order valence-corrected chi connectivity index (χ2v) is 5.92. The molecule has 0 fully saturated rings. The number of aromatic hydroxyl groups is 1. The van der Waals surface area contributed by atoms with Crippen LogP contribution in [0.1, 0.15) is 27.0 Å². The second-order valence-electron chi connectivity index (χ2n) is 5.07. The zero-order valence-corrected chi connectivity index (χ0v) is 14.3. The van der Waals surface area contributed by atoms with Crippen molar-refractivity contribution in [1.29, 1.82) is 0 Å². The molecule has 2 aromatic carbocycles. The van der Waals surface area contributed by atoms with E-state index in [1.54, 1.807) is 18.2 Å². The van der Waals surface area contributed by atoms with Gasteiger partial charge in [0, 0.05) is 5.56 Å². The van der Waals surface area contributed by atoms with Crippen LogP contribution in [0.3, 0.4) is 0 Å². The fourth-order valence-electron chi connectivity index (χ4n) is 2.11. The summed E-state index contributed by atoms with van der Waals surface area (Å²) in [5.74, 6) is 0.345. The Kier molecular flexibility index (Phi) is 5.03. The molecule has 0 saturated heterocycles. The zero-order chi connectivity index (χ0) is 16.3. The summed E-state index contributed by atoms with van der Waals surface area (Å²) in [6.07, 6.45) is 3.23. The van der Waals surface area contributed by atoms with Gasteiger partial charge in [-0.2, -0.15) is 0 Å². The van der Waals surface area contributed by atoms with Crippen LogP contribution in [0.15, 0.2) is 40.9 Å². The summed E-state index contributed by atoms with van der Waals surface area (Å²) in [4.78, 5) is 12.3. The number of methoxy groups -OCH3 is 1. The summed E-state index contributed by atoms with van der Waals surface area (Å²) < 4.78 is 5.61. The number of carbonyl (C=O) groups is 1. The van der Waals surface area contributed by atoms with Crippen LogP contribution in [0.25, 0.3) is 6.08 Å². The number of allylic oxidation sites excluding steroid dienone is 1. The summed E-state index contributed by atoms with van der Waals surface area (Å²) >= 11 is 3.26. The summed E-state index contributed by atoms with van der Waals surface area (Å²) in [6.45, 7) is 3.88. The first-order chi connectivity index (χ1) is 10.4. The highest BCUT2D eigenvalue weighted by Gasteiger charge is 2.09. The maximum atomic E-state index is 12.3. The molecule has 0 amide bonds. The number of benzene rings is 2. The van der Waals surface area contributed by atoms with E-state index in [1.165, 1.54) is 13.2 Å². The zero-order valence-electron chi connectivity index (χ0n) is 12.7. The van der Waals surface area contributed by atoms with Gasteiger partial charge in [0.15, 0.2) is 17.3 Å². The van der Waals surface area contributed by atoms with Crippen molar-refractivity contribution >= 4 is 27.8 Å². The van der Waals surface area contributed by atoms with Crippen molar-refractivity contribution in [1.82, 2.24) is 0 Å². The molecule has 0 aliphatic rings. The van der Waals surface area contributed by atoms with Gasteiger partial charge in [-0.15, -0.1) is 0 Å². The molecule has 0 heterocycles. The van der Waals surface area contributed by atoms with Gasteiger partial charge in [0.1, 0.15) is 0 Å². The van der Waals surface area contributed by atoms with Gasteiger partial charge < -0.3 is 9.84 Å². The monoisotopic (exact) mass is 360 g/mol. The van der Waals surface area contributed by atoms with E-state index in [9.17, 15) is 9.90 Å². The fraction of sp³-hybridized carbons (Fsp3) is 0.167. The lowest BCUT2D eigenvalue weighted by atomic mass is 10.0. The molecule has 2 aromatic rings. The summed E-state index contributed by atoms with van der Waals surface area (Å²) in [5.41, 5.74) is 3.46. The topological polar surface area (TPSA) is 46.5 Å². The number of ketones is 1. The predicted molar refractivity (Wildman–Crippen MR) is 91.6 cm³/mol. The molecule has 0 saturated carbocycles. The quantitative estimate of drug-likeness (QED) is 0.636. The molecule has 2 rings (SSSR count). The van der Waals surface area contributed by atoms with Crippen LogP contribution in [-0.4, -0.2) is 18.0 Å². The van der Waals surface area contributed by atoms with E-state index in [0.29, 0.717) is 15.8 Å². The van der Waals surface area contributed by atoms with E-state index in [4.69, 9.17) is 4.74 Å². The third-order valence-electron chi connectivity index (χ3n) is 3.36. The second kappa shape index (κ2) is 6.79. The molecule has 0 bridgehead atoms. The minimum absolute atomic E-state index is 0.0421. The first kappa shape index (κ1) is 16.3. The van der Waals surface area contributed by atoms with E-state index >= 15 is 0 Å². The molecule has 0 atom stereocenters. The highest BCUT2D eigenvalue weighted by molar-refractivity contribution is 9.10. The van der Waals surface area contributed by atoms with E-state index in [0.717, 1.165) is 16.7 Å². The van der Waals surface area contributed by atoms with Crippen LogP contribution in [0.4, 0.5) is 0 Å². The van der Waals surface area contributed by atoms with Gasteiger partial charge in [-0.1, -0.05) is 23.8 Å². The number of hydrogen-bond acceptors (Lipinski definition) is 3. The molecule has 0 aromatic heterocycles. The predicted octanol–water partition coefficient (Wildman–Crippen LogP) is 4.68. The largest absolute Gasteiger partial charge is 0.503 e. The minimum Gasteiger partial charge on any atom is -0.503 e. The van der Waals surface area contributed by atoms with Crippen LogP contribution >= 0.6 is 15.9 Å². The molecule has 114 valence electrons. The number of hydrogen-bond donors (Lipinski definition) is 1. The Morgan fingerprint density at radius 3 is 2.64 bits per heavy atom. The van der Waals surface area contributed by atoms with Crippen molar-refractivity contribution in [2.75, 3.05) is 7.11 Å². The van der Waals surface area contributed by atoms with Gasteiger partial charge in [-0.25, -0.2) is 0 Å². The van der Waals surface area contributed by atoms with E-state index < -0.39 is 0 Å². The number of aryl methyl sites for hydroxylation is 2. The van der Waals surface area contributed by atoms with E-state index in [1.807, 2.05) is 32.0 Å². The maximum Gasteiger partial charge on any atom is 0.186 e. The van der Waals surface area contributed by atoms with Crippen molar-refractivity contribution in [3.8, 4) is 11.5 Å². The first-order valence-corrected chi connectivity index (χ1v) is 7.58. The SMILES string of the molecule is COc1cc(/C=C/C(=O)c2cc(C)ccc2C)cc(Br)c1O. The van der Waals surface area contributed by atoms with Crippen LogP contribution in [0.5, 0.6) is 11.5 Å². The lowest BCUT2D eigenvalue weighted by Crippen LogP contribution is -1.98. The van der Waals surface area contributed by atoms with Crippen molar-refractivity contribution in [3.05, 3.63) is 63.1 Å². The molecule has 0 spiro atoms. The minimum atomic E-state index is -0.0515. The third kappa shape index (κ3) is 3.57. The number of halogens is 1. The Hall–Kier alpha value is -2.07. The van der Waals surface area contributed by atoms with Gasteiger partial charge in [0.2, 0.25) is 0 Å². The van der Waals surface area contributed by atoms with Crippen molar-refractivity contribution < 1.29 is 14.6 Å². The molecule has 0 unspecified atom stereocenters. The van der Waals surface area contributed by atoms with E-state index in [-0.39, 0.29) is 11.5 Å². The lowest BCUT2D eigenvalue weighted by Gasteiger charge is -2.06. The summed E-state index contributed by atoms with van der Waals surface area (Å²) in [6, 6.07) is 9.21. The fourth-order valence-corrected chi connectivity index (χ4v) is 2.57. The van der Waals surface area contributed by atoms with Crippen LogP contribution in [0, 0.1) is 13.8 Å². The Balaban J connectivity index is 2.30. The van der Waals surface area contributed by atoms with Gasteiger partial charge in [0.25, 0.3) is 0 Å². The van der Waals surface area contributed by atoms with Crippen LogP contribution in [0.2, 0.25) is 0 Å². The Morgan fingerprint density at radius 2 is 1.95 bits per heavy atom. The molecule has 3 nitrogen and oxygen atoms in total. The number of ether oxygens (including phenoxy) is 1. The standard InChI is InChI=1S/C18H17BrO3/c1-11-4-5-12(2)14(8-11)16(20)7-6-13-9-15(19)18(21)17(10-13)22-3/h4-10,21H,1-3H3/b7-6+. The first-order valence-electron chi connectivity index (χ1n) is 6.78. The van der Waals surface area contributed by atoms with Crippen LogP contribution < -0.4 is 4.74 Å². The van der Waals surface area contributed by atoms with Crippen molar-refractivity contribution in [3.63, 3.8) is 0 Å². The summed E-state index contributed by atoms with van der Waals surface area (Å²) in [7, 11) is 1.48. The molecule has 0 radical (unpaired) electrons. The average Bonchev–Trinajstić information content (AvgIpc) is 2.50. The van der Waals surface area contributed by atoms with Gasteiger partial charge >= 0.3 is 0 Å². The van der Waals surface area contributed by atoms with Crippen molar-refractivity contribution in [2.45, 2.75) is 13.8 Å². The number of carbonyl (C=O) groups excluding carboxylic acids is 1. The summed E-state index contributed by atoms with van der Waals surface area (Å²) in [5, 5.41) is 9.78. The molecule has 4 heteroatoms. The van der Waals surface area contributed by atoms with Gasteiger partial charge in [-0.05, 0) is 65.2 Å². The number of phenolic OH excluding ortho intramolecular Hbond substituents is 1.